The average Bonchev–Trinajstić information content (AvgIpc) is 2.58. The molecule has 6 nitrogen and oxygen atoms in total. The topological polar surface area (TPSA) is 64.1 Å². The minimum atomic E-state index is 0. The summed E-state index contributed by atoms with van der Waals surface area (Å²) >= 11 is 0. The molecule has 1 rings (SSSR count). The van der Waals surface area contributed by atoms with Crippen LogP contribution in [0.15, 0.2) is 23.2 Å². The molecule has 0 spiro atoms. The molecule has 0 saturated carbocycles. The van der Waals surface area contributed by atoms with Crippen LogP contribution in [0.5, 0.6) is 11.5 Å². The molecule has 0 aliphatic heterocycles. The highest BCUT2D eigenvalue weighted by Gasteiger charge is 2.05. The molecule has 0 atom stereocenters. The van der Waals surface area contributed by atoms with Gasteiger partial charge in [0.15, 0.2) is 5.96 Å². The van der Waals surface area contributed by atoms with Crippen LogP contribution in [-0.2, 0) is 11.3 Å². The second kappa shape index (κ2) is 14.0. The lowest BCUT2D eigenvalue weighted by molar-refractivity contribution is 0.114. The van der Waals surface area contributed by atoms with E-state index < -0.39 is 0 Å². The van der Waals surface area contributed by atoms with E-state index in [1.165, 1.54) is 0 Å². The van der Waals surface area contributed by atoms with Crippen LogP contribution in [0, 0.1) is 5.92 Å². The van der Waals surface area contributed by atoms with Crippen molar-refractivity contribution < 1.29 is 14.2 Å². The highest BCUT2D eigenvalue weighted by Crippen LogP contribution is 2.25. The van der Waals surface area contributed by atoms with Gasteiger partial charge >= 0.3 is 0 Å². The molecule has 0 heterocycles. The molecule has 2 N–H and O–H groups in total. The summed E-state index contributed by atoms with van der Waals surface area (Å²) in [6.45, 7) is 9.81. The van der Waals surface area contributed by atoms with Gasteiger partial charge in [-0.1, -0.05) is 13.8 Å². The molecule has 144 valence electrons. The van der Waals surface area contributed by atoms with Gasteiger partial charge in [0, 0.05) is 31.3 Å². The third kappa shape index (κ3) is 9.74. The molecule has 0 aliphatic carbocycles. The van der Waals surface area contributed by atoms with Crippen molar-refractivity contribution in [3.8, 4) is 11.5 Å². The number of hydrogen-bond donors (Lipinski definition) is 2. The van der Waals surface area contributed by atoms with Crippen molar-refractivity contribution in [3.05, 3.63) is 23.8 Å². The summed E-state index contributed by atoms with van der Waals surface area (Å²) < 4.78 is 16.2. The second-order valence-corrected chi connectivity index (χ2v) is 5.77. The molecule has 7 heteroatoms. The third-order valence-corrected chi connectivity index (χ3v) is 3.24. The summed E-state index contributed by atoms with van der Waals surface area (Å²) in [4.78, 5) is 4.60. The zero-order valence-electron chi connectivity index (χ0n) is 15.9. The summed E-state index contributed by atoms with van der Waals surface area (Å²) in [6.07, 6.45) is 0. The van der Waals surface area contributed by atoms with Gasteiger partial charge in [0.05, 0.1) is 27.4 Å². The van der Waals surface area contributed by atoms with Crippen LogP contribution in [0.1, 0.15) is 26.3 Å². The lowest BCUT2D eigenvalue weighted by Gasteiger charge is -2.13. The Morgan fingerprint density at radius 3 is 2.52 bits per heavy atom. The first-order valence-corrected chi connectivity index (χ1v) is 8.41. The van der Waals surface area contributed by atoms with E-state index in [1.807, 2.05) is 25.1 Å². The molecule has 0 saturated heterocycles. The van der Waals surface area contributed by atoms with Crippen molar-refractivity contribution in [2.75, 3.05) is 40.5 Å². The predicted molar refractivity (Wildman–Crippen MR) is 113 cm³/mol. The zero-order valence-corrected chi connectivity index (χ0v) is 18.3. The van der Waals surface area contributed by atoms with Crippen molar-refractivity contribution >= 4 is 29.9 Å². The molecule has 0 amide bonds. The highest BCUT2D eigenvalue weighted by molar-refractivity contribution is 14.0. The van der Waals surface area contributed by atoms with Crippen LogP contribution in [-0.4, -0.2) is 46.5 Å². The molecule has 0 aliphatic rings. The summed E-state index contributed by atoms with van der Waals surface area (Å²) in [5.41, 5.74) is 1.01. The molecule has 1 aromatic rings. The maximum Gasteiger partial charge on any atom is 0.191 e. The fourth-order valence-corrected chi connectivity index (χ4v) is 2.05. The Bertz CT molecular complexity index is 510. The SMILES string of the molecule is CCNC(=NCc1ccc(OC)cc1OC)NCCOCC(C)C.I. The Hall–Kier alpha value is -1.22. The number of benzene rings is 1. The number of halogens is 1. The summed E-state index contributed by atoms with van der Waals surface area (Å²) in [7, 11) is 3.29. The van der Waals surface area contributed by atoms with Gasteiger partial charge in [-0.2, -0.15) is 0 Å². The molecule has 0 fully saturated rings. The molecule has 0 aromatic heterocycles. The number of methoxy groups -OCH3 is 2. The van der Waals surface area contributed by atoms with Crippen LogP contribution in [0.2, 0.25) is 0 Å². The van der Waals surface area contributed by atoms with Gasteiger partial charge in [0.25, 0.3) is 0 Å². The smallest absolute Gasteiger partial charge is 0.191 e. The van der Waals surface area contributed by atoms with E-state index in [2.05, 4.69) is 29.5 Å². The van der Waals surface area contributed by atoms with Crippen molar-refractivity contribution in [1.82, 2.24) is 10.6 Å². The Labute approximate surface area is 168 Å². The number of nitrogens with zero attached hydrogens (tertiary/aromatic N) is 1. The first kappa shape index (κ1) is 23.8. The average molecular weight is 465 g/mol. The normalized spacial score (nSPS) is 11.0. The van der Waals surface area contributed by atoms with Crippen molar-refractivity contribution in [2.24, 2.45) is 10.9 Å². The van der Waals surface area contributed by atoms with Crippen LogP contribution in [0.4, 0.5) is 0 Å². The second-order valence-electron chi connectivity index (χ2n) is 5.77. The Morgan fingerprint density at radius 1 is 1.16 bits per heavy atom. The van der Waals surface area contributed by atoms with E-state index in [0.29, 0.717) is 19.1 Å². The molecule has 25 heavy (non-hydrogen) atoms. The van der Waals surface area contributed by atoms with Gasteiger partial charge in [-0.25, -0.2) is 4.99 Å². The fourth-order valence-electron chi connectivity index (χ4n) is 2.05. The van der Waals surface area contributed by atoms with E-state index in [1.54, 1.807) is 14.2 Å². The number of rotatable bonds is 10. The Balaban J connectivity index is 0.00000576. The molecular weight excluding hydrogens is 433 g/mol. The molecule has 0 unspecified atom stereocenters. The fraction of sp³-hybridized carbons (Fsp3) is 0.611. The predicted octanol–water partition coefficient (Wildman–Crippen LogP) is 3.05. The van der Waals surface area contributed by atoms with Gasteiger partial charge in [0.2, 0.25) is 0 Å². The van der Waals surface area contributed by atoms with E-state index in [-0.39, 0.29) is 24.0 Å². The first-order valence-electron chi connectivity index (χ1n) is 8.41. The quantitative estimate of drug-likeness (QED) is 0.241. The maximum atomic E-state index is 5.57. The van der Waals surface area contributed by atoms with Gasteiger partial charge in [0.1, 0.15) is 11.5 Å². The molecule has 0 radical (unpaired) electrons. The number of hydrogen-bond acceptors (Lipinski definition) is 4. The lowest BCUT2D eigenvalue weighted by atomic mass is 10.2. The van der Waals surface area contributed by atoms with Crippen LogP contribution in [0.25, 0.3) is 0 Å². The number of nitrogens with one attached hydrogen (secondary N) is 2. The Morgan fingerprint density at radius 2 is 1.92 bits per heavy atom. The van der Waals surface area contributed by atoms with Crippen molar-refractivity contribution in [1.29, 1.82) is 0 Å². The van der Waals surface area contributed by atoms with E-state index in [9.17, 15) is 0 Å². The Kier molecular flexibility index (Phi) is 13.3. The van der Waals surface area contributed by atoms with E-state index >= 15 is 0 Å². The minimum absolute atomic E-state index is 0. The summed E-state index contributed by atoms with van der Waals surface area (Å²) in [5.74, 6) is 2.86. The van der Waals surface area contributed by atoms with E-state index in [4.69, 9.17) is 14.2 Å². The standard InChI is InChI=1S/C18H31N3O3.HI/c1-6-19-18(20-9-10-24-13-14(2)3)21-12-15-7-8-16(22-4)11-17(15)23-5;/h7-8,11,14H,6,9-10,12-13H2,1-5H3,(H2,19,20,21);1H. The molecular formula is C18H32IN3O3. The summed E-state index contributed by atoms with van der Waals surface area (Å²) in [6, 6.07) is 5.74. The van der Waals surface area contributed by atoms with Crippen LogP contribution >= 0.6 is 24.0 Å². The monoisotopic (exact) mass is 465 g/mol. The van der Waals surface area contributed by atoms with Crippen LogP contribution in [0.3, 0.4) is 0 Å². The van der Waals surface area contributed by atoms with Gasteiger partial charge in [-0.3, -0.25) is 0 Å². The largest absolute Gasteiger partial charge is 0.497 e. The van der Waals surface area contributed by atoms with Crippen molar-refractivity contribution in [3.63, 3.8) is 0 Å². The molecule has 1 aromatic carbocycles. The van der Waals surface area contributed by atoms with Gasteiger partial charge in [-0.15, -0.1) is 24.0 Å². The highest BCUT2D eigenvalue weighted by atomic mass is 127. The lowest BCUT2D eigenvalue weighted by Crippen LogP contribution is -2.39. The van der Waals surface area contributed by atoms with E-state index in [0.717, 1.165) is 42.7 Å². The zero-order chi connectivity index (χ0) is 17.8. The first-order chi connectivity index (χ1) is 11.6. The minimum Gasteiger partial charge on any atom is -0.497 e. The summed E-state index contributed by atoms with van der Waals surface area (Å²) in [5, 5.41) is 6.50. The van der Waals surface area contributed by atoms with Crippen molar-refractivity contribution in [2.45, 2.75) is 27.3 Å². The van der Waals surface area contributed by atoms with Crippen LogP contribution < -0.4 is 20.1 Å². The maximum absolute atomic E-state index is 5.57. The van der Waals surface area contributed by atoms with Gasteiger partial charge in [-0.05, 0) is 25.0 Å². The molecule has 0 bridgehead atoms. The van der Waals surface area contributed by atoms with Gasteiger partial charge < -0.3 is 24.8 Å². The number of aliphatic imine (C=N–C) groups is 1. The number of guanidine groups is 1. The third-order valence-electron chi connectivity index (χ3n) is 3.24. The number of ether oxygens (including phenoxy) is 3.